The molecular weight excluding hydrogens is 242 g/mol. The monoisotopic (exact) mass is 265 g/mol. The fraction of sp³-hybridized carbons (Fsp3) is 0.467. The Morgan fingerprint density at radius 2 is 1.95 bits per heavy atom. The number of hydrogen-bond donors (Lipinski definition) is 1. The Labute approximate surface area is 115 Å². The molecule has 1 aromatic carbocycles. The average molecular weight is 265 g/mol. The molecule has 4 heteroatoms. The molecule has 0 unspecified atom stereocenters. The van der Waals surface area contributed by atoms with Crippen molar-refractivity contribution in [2.75, 3.05) is 34.0 Å². The van der Waals surface area contributed by atoms with Gasteiger partial charge in [0.2, 0.25) is 0 Å². The minimum absolute atomic E-state index is 0.251. The van der Waals surface area contributed by atoms with E-state index in [1.54, 1.807) is 14.2 Å². The first-order chi connectivity index (χ1) is 9.31. The van der Waals surface area contributed by atoms with Crippen molar-refractivity contribution in [1.29, 1.82) is 0 Å². The summed E-state index contributed by atoms with van der Waals surface area (Å²) in [5.41, 5.74) is 0. The first kappa shape index (κ1) is 15.5. The Balaban J connectivity index is 2.27. The Kier molecular flexibility index (Phi) is 7.70. The van der Waals surface area contributed by atoms with Crippen molar-refractivity contribution in [3.8, 4) is 11.5 Å². The Hall–Kier alpha value is -1.52. The van der Waals surface area contributed by atoms with Crippen LogP contribution in [-0.4, -0.2) is 40.0 Å². The molecule has 4 nitrogen and oxygen atoms in total. The second-order valence-electron chi connectivity index (χ2n) is 4.08. The fourth-order valence-electron chi connectivity index (χ4n) is 1.69. The summed E-state index contributed by atoms with van der Waals surface area (Å²) in [4.78, 5) is 0. The van der Waals surface area contributed by atoms with E-state index in [-0.39, 0.29) is 6.04 Å². The number of benzene rings is 1. The maximum Gasteiger partial charge on any atom is 0.161 e. The van der Waals surface area contributed by atoms with Gasteiger partial charge < -0.3 is 19.5 Å². The number of ether oxygens (including phenoxy) is 3. The summed E-state index contributed by atoms with van der Waals surface area (Å²) in [5.74, 6) is 1.51. The summed E-state index contributed by atoms with van der Waals surface area (Å²) in [7, 11) is 3.34. The summed E-state index contributed by atoms with van der Waals surface area (Å²) in [6, 6.07) is 7.88. The van der Waals surface area contributed by atoms with Crippen molar-refractivity contribution in [3.05, 3.63) is 36.9 Å². The van der Waals surface area contributed by atoms with Gasteiger partial charge in [0.1, 0.15) is 6.61 Å². The van der Waals surface area contributed by atoms with Gasteiger partial charge in [0.25, 0.3) is 0 Å². The molecule has 0 bridgehead atoms. The quantitative estimate of drug-likeness (QED) is 0.520. The first-order valence-corrected chi connectivity index (χ1v) is 6.42. The highest BCUT2D eigenvalue weighted by Gasteiger charge is 2.04. The highest BCUT2D eigenvalue weighted by atomic mass is 16.5. The van der Waals surface area contributed by atoms with Crippen LogP contribution in [0.4, 0.5) is 0 Å². The summed E-state index contributed by atoms with van der Waals surface area (Å²) in [6.07, 6.45) is 2.80. The van der Waals surface area contributed by atoms with E-state index in [2.05, 4.69) is 11.9 Å². The number of para-hydroxylation sites is 2. The Morgan fingerprint density at radius 1 is 1.21 bits per heavy atom. The molecular formula is C15H23NO3. The second-order valence-corrected chi connectivity index (χ2v) is 4.08. The van der Waals surface area contributed by atoms with Crippen molar-refractivity contribution >= 4 is 0 Å². The lowest BCUT2D eigenvalue weighted by atomic mass is 10.2. The van der Waals surface area contributed by atoms with Crippen molar-refractivity contribution < 1.29 is 14.2 Å². The molecule has 19 heavy (non-hydrogen) atoms. The highest BCUT2D eigenvalue weighted by molar-refractivity contribution is 5.39. The van der Waals surface area contributed by atoms with E-state index in [0.29, 0.717) is 6.61 Å². The Bertz CT molecular complexity index is 368. The standard InChI is InChI=1S/C15H23NO3/c1-4-13(9-11-17-2)16-10-12-19-15-8-6-5-7-14(15)18-3/h4-8,13,16H,1,9-12H2,2-3H3/t13-/m0/s1. The third-order valence-corrected chi connectivity index (χ3v) is 2.75. The molecule has 106 valence electrons. The fourth-order valence-corrected chi connectivity index (χ4v) is 1.69. The van der Waals surface area contributed by atoms with Gasteiger partial charge in [-0.2, -0.15) is 0 Å². The minimum atomic E-state index is 0.251. The van der Waals surface area contributed by atoms with E-state index in [1.165, 1.54) is 0 Å². The van der Waals surface area contributed by atoms with E-state index >= 15 is 0 Å². The summed E-state index contributed by atoms with van der Waals surface area (Å²) in [5, 5.41) is 3.35. The van der Waals surface area contributed by atoms with Crippen molar-refractivity contribution in [2.45, 2.75) is 12.5 Å². The van der Waals surface area contributed by atoms with Crippen LogP contribution in [0.5, 0.6) is 11.5 Å². The van der Waals surface area contributed by atoms with Gasteiger partial charge in [0, 0.05) is 26.3 Å². The molecule has 0 aromatic heterocycles. The average Bonchev–Trinajstić information content (AvgIpc) is 2.47. The second kappa shape index (κ2) is 9.42. The van der Waals surface area contributed by atoms with Crippen LogP contribution in [0, 0.1) is 0 Å². The van der Waals surface area contributed by atoms with Gasteiger partial charge in [0.15, 0.2) is 11.5 Å². The SMILES string of the molecule is C=C[C@@H](CCOC)NCCOc1ccccc1OC. The van der Waals surface area contributed by atoms with Crippen LogP contribution < -0.4 is 14.8 Å². The van der Waals surface area contributed by atoms with Crippen molar-refractivity contribution in [2.24, 2.45) is 0 Å². The van der Waals surface area contributed by atoms with Gasteiger partial charge in [-0.05, 0) is 18.6 Å². The molecule has 1 N–H and O–H groups in total. The predicted octanol–water partition coefficient (Wildman–Crippen LogP) is 2.25. The van der Waals surface area contributed by atoms with Crippen LogP contribution >= 0.6 is 0 Å². The third kappa shape index (κ3) is 5.77. The number of hydrogen-bond acceptors (Lipinski definition) is 4. The third-order valence-electron chi connectivity index (χ3n) is 2.75. The van der Waals surface area contributed by atoms with E-state index in [9.17, 15) is 0 Å². The van der Waals surface area contributed by atoms with Crippen molar-refractivity contribution in [3.63, 3.8) is 0 Å². The van der Waals surface area contributed by atoms with Crippen LogP contribution in [0.3, 0.4) is 0 Å². The molecule has 0 aliphatic carbocycles. The zero-order valence-corrected chi connectivity index (χ0v) is 11.7. The summed E-state index contributed by atoms with van der Waals surface area (Å²) >= 11 is 0. The lowest BCUT2D eigenvalue weighted by Crippen LogP contribution is -2.31. The molecule has 1 rings (SSSR count). The van der Waals surface area contributed by atoms with Gasteiger partial charge in [-0.3, -0.25) is 0 Å². The number of rotatable bonds is 10. The van der Waals surface area contributed by atoms with Gasteiger partial charge in [-0.15, -0.1) is 6.58 Å². The molecule has 0 saturated carbocycles. The lowest BCUT2D eigenvalue weighted by molar-refractivity contribution is 0.186. The van der Waals surface area contributed by atoms with Crippen LogP contribution in [0.1, 0.15) is 6.42 Å². The van der Waals surface area contributed by atoms with E-state index in [4.69, 9.17) is 14.2 Å². The van der Waals surface area contributed by atoms with Gasteiger partial charge in [-0.1, -0.05) is 18.2 Å². The first-order valence-electron chi connectivity index (χ1n) is 6.42. The lowest BCUT2D eigenvalue weighted by Gasteiger charge is -2.15. The number of methoxy groups -OCH3 is 2. The maximum atomic E-state index is 5.67. The summed E-state index contributed by atoms with van der Waals surface area (Å²) < 4.78 is 15.9. The number of nitrogens with one attached hydrogen (secondary N) is 1. The topological polar surface area (TPSA) is 39.7 Å². The van der Waals surface area contributed by atoms with Crippen LogP contribution in [0.2, 0.25) is 0 Å². The largest absolute Gasteiger partial charge is 0.493 e. The molecule has 1 atom stereocenters. The maximum absolute atomic E-state index is 5.67. The van der Waals surface area contributed by atoms with Gasteiger partial charge >= 0.3 is 0 Å². The van der Waals surface area contributed by atoms with Gasteiger partial charge in [-0.25, -0.2) is 0 Å². The molecule has 0 amide bonds. The molecule has 0 spiro atoms. The smallest absolute Gasteiger partial charge is 0.161 e. The van der Waals surface area contributed by atoms with Crippen LogP contribution in [0.15, 0.2) is 36.9 Å². The van der Waals surface area contributed by atoms with E-state index in [0.717, 1.165) is 31.1 Å². The predicted molar refractivity (Wildman–Crippen MR) is 77.0 cm³/mol. The van der Waals surface area contributed by atoms with Crippen molar-refractivity contribution in [1.82, 2.24) is 5.32 Å². The Morgan fingerprint density at radius 3 is 2.58 bits per heavy atom. The molecule has 0 fully saturated rings. The highest BCUT2D eigenvalue weighted by Crippen LogP contribution is 2.25. The van der Waals surface area contributed by atoms with Crippen LogP contribution in [-0.2, 0) is 4.74 Å². The molecule has 0 saturated heterocycles. The zero-order chi connectivity index (χ0) is 13.9. The van der Waals surface area contributed by atoms with E-state index in [1.807, 2.05) is 30.3 Å². The van der Waals surface area contributed by atoms with Gasteiger partial charge in [0.05, 0.1) is 7.11 Å². The molecule has 0 aliphatic heterocycles. The minimum Gasteiger partial charge on any atom is -0.493 e. The summed E-state index contributed by atoms with van der Waals surface area (Å²) in [6.45, 7) is 5.85. The van der Waals surface area contributed by atoms with E-state index < -0.39 is 0 Å². The molecule has 0 heterocycles. The molecule has 0 aliphatic rings. The van der Waals surface area contributed by atoms with Crippen LogP contribution in [0.25, 0.3) is 0 Å². The molecule has 0 radical (unpaired) electrons. The zero-order valence-electron chi connectivity index (χ0n) is 11.7. The molecule has 1 aromatic rings. The normalized spacial score (nSPS) is 11.9.